The number of nitro groups is 2. The molecule has 2 N–H and O–H groups in total. The highest BCUT2D eigenvalue weighted by Crippen LogP contribution is 2.21. The van der Waals surface area contributed by atoms with E-state index in [0.29, 0.717) is 5.56 Å². The Balaban J connectivity index is 1.90. The molecule has 0 bridgehead atoms. The van der Waals surface area contributed by atoms with Gasteiger partial charge in [0.05, 0.1) is 15.5 Å². The van der Waals surface area contributed by atoms with E-state index in [2.05, 4.69) is 10.6 Å². The van der Waals surface area contributed by atoms with Gasteiger partial charge in [0.2, 0.25) is 0 Å². The second-order valence-electron chi connectivity index (χ2n) is 6.41. The number of hydrogen-bond acceptors (Lipinski definition) is 8. The first-order valence-electron chi connectivity index (χ1n) is 8.85. The maximum Gasteiger partial charge on any atom is 0.328 e. The van der Waals surface area contributed by atoms with Gasteiger partial charge in [-0.1, -0.05) is 12.1 Å². The highest BCUT2D eigenvalue weighted by molar-refractivity contribution is 5.98. The zero-order valence-corrected chi connectivity index (χ0v) is 16.5. The Morgan fingerprint density at radius 3 is 2.32 bits per heavy atom. The lowest BCUT2D eigenvalue weighted by Crippen LogP contribution is -2.40. The van der Waals surface area contributed by atoms with Crippen molar-refractivity contribution < 1.29 is 29.0 Å². The van der Waals surface area contributed by atoms with Crippen molar-refractivity contribution in [2.45, 2.75) is 19.9 Å². The molecule has 1 atom stereocenters. The first kappa shape index (κ1) is 22.9. The van der Waals surface area contributed by atoms with Crippen LogP contribution in [0.3, 0.4) is 0 Å². The van der Waals surface area contributed by atoms with Crippen LogP contribution in [0.25, 0.3) is 0 Å². The number of nitrogens with one attached hydrogen (secondary N) is 2. The van der Waals surface area contributed by atoms with E-state index in [1.54, 1.807) is 6.92 Å². The van der Waals surface area contributed by atoms with Crippen LogP contribution in [-0.2, 0) is 14.3 Å². The quantitative estimate of drug-likeness (QED) is 0.364. The molecule has 0 spiro atoms. The Morgan fingerprint density at radius 2 is 1.68 bits per heavy atom. The number of anilines is 1. The van der Waals surface area contributed by atoms with Crippen molar-refractivity contribution in [3.8, 4) is 0 Å². The normalized spacial score (nSPS) is 11.2. The minimum atomic E-state index is -1.14. The molecule has 2 rings (SSSR count). The van der Waals surface area contributed by atoms with Crippen LogP contribution in [0.15, 0.2) is 42.5 Å². The van der Waals surface area contributed by atoms with Crippen LogP contribution in [0.2, 0.25) is 0 Å². The third-order valence-electron chi connectivity index (χ3n) is 4.07. The largest absolute Gasteiger partial charge is 0.454 e. The van der Waals surface area contributed by atoms with Crippen molar-refractivity contribution in [1.82, 2.24) is 5.32 Å². The number of carbonyl (C=O) groups excluding carboxylic acids is 3. The number of benzene rings is 2. The van der Waals surface area contributed by atoms with Crippen molar-refractivity contribution in [1.29, 1.82) is 0 Å². The van der Waals surface area contributed by atoms with Gasteiger partial charge in [-0.3, -0.25) is 29.8 Å². The van der Waals surface area contributed by atoms with Crippen molar-refractivity contribution in [2.75, 3.05) is 11.9 Å². The van der Waals surface area contributed by atoms with Crippen LogP contribution < -0.4 is 10.6 Å². The predicted octanol–water partition coefficient (Wildman–Crippen LogP) is 2.11. The van der Waals surface area contributed by atoms with Crippen LogP contribution in [0.5, 0.6) is 0 Å². The van der Waals surface area contributed by atoms with Crippen LogP contribution in [0, 0.1) is 27.2 Å². The molecule has 0 unspecified atom stereocenters. The number of hydrogen-bond donors (Lipinski definition) is 2. The van der Waals surface area contributed by atoms with E-state index < -0.39 is 40.3 Å². The number of nitrogens with zero attached hydrogens (tertiary/aromatic N) is 2. The van der Waals surface area contributed by atoms with Crippen LogP contribution in [0.1, 0.15) is 22.8 Å². The molecular weight excluding hydrogens is 412 g/mol. The van der Waals surface area contributed by atoms with Crippen molar-refractivity contribution in [2.24, 2.45) is 0 Å². The summed E-state index contributed by atoms with van der Waals surface area (Å²) in [6.07, 6.45) is 0. The summed E-state index contributed by atoms with van der Waals surface area (Å²) in [5, 5.41) is 26.4. The molecule has 0 aliphatic carbocycles. The Bertz CT molecular complexity index is 1050. The summed E-state index contributed by atoms with van der Waals surface area (Å²) in [7, 11) is 0. The van der Waals surface area contributed by atoms with Gasteiger partial charge in [0.25, 0.3) is 23.2 Å². The number of amides is 2. The minimum Gasteiger partial charge on any atom is -0.454 e. The molecule has 12 nitrogen and oxygen atoms in total. The molecule has 0 aromatic heterocycles. The number of ether oxygens (including phenoxy) is 1. The van der Waals surface area contributed by atoms with Crippen LogP contribution in [-0.4, -0.2) is 40.3 Å². The molecule has 2 amide bonds. The van der Waals surface area contributed by atoms with Gasteiger partial charge in [-0.2, -0.15) is 0 Å². The van der Waals surface area contributed by atoms with E-state index in [9.17, 15) is 34.6 Å². The number of non-ortho nitro benzene ring substituents is 2. The second kappa shape index (κ2) is 9.91. The molecular formula is C19H18N4O8. The predicted molar refractivity (Wildman–Crippen MR) is 107 cm³/mol. The van der Waals surface area contributed by atoms with Crippen molar-refractivity contribution in [3.63, 3.8) is 0 Å². The number of carbonyl (C=O) groups is 3. The van der Waals surface area contributed by atoms with Gasteiger partial charge in [-0.15, -0.1) is 0 Å². The standard InChI is InChI=1S/C19H18N4O8/c1-11-6-7-15(23(29)30)9-16(11)21-17(24)10-31-19(26)12(2)20-18(25)13-4-3-5-14(8-13)22(27)28/h3-9,12H,10H2,1-2H3,(H,20,25)(H,21,24)/t12-/m0/s1. The van der Waals surface area contributed by atoms with Gasteiger partial charge in [0.15, 0.2) is 6.61 Å². The highest BCUT2D eigenvalue weighted by atomic mass is 16.6. The van der Waals surface area contributed by atoms with Gasteiger partial charge in [-0.25, -0.2) is 4.79 Å². The highest BCUT2D eigenvalue weighted by Gasteiger charge is 2.20. The average molecular weight is 430 g/mol. The molecule has 0 saturated heterocycles. The number of esters is 1. The van der Waals surface area contributed by atoms with Crippen molar-refractivity contribution in [3.05, 3.63) is 73.8 Å². The summed E-state index contributed by atoms with van der Waals surface area (Å²) in [4.78, 5) is 56.6. The first-order chi connectivity index (χ1) is 14.6. The number of rotatable bonds is 8. The molecule has 0 aliphatic heterocycles. The summed E-state index contributed by atoms with van der Waals surface area (Å²) in [5.41, 5.74) is 0.254. The van der Waals surface area contributed by atoms with Crippen LogP contribution in [0.4, 0.5) is 17.1 Å². The van der Waals surface area contributed by atoms with Gasteiger partial charge in [0.1, 0.15) is 6.04 Å². The smallest absolute Gasteiger partial charge is 0.328 e. The maximum atomic E-state index is 12.2. The first-order valence-corrected chi connectivity index (χ1v) is 8.85. The maximum absolute atomic E-state index is 12.2. The van der Waals surface area contributed by atoms with E-state index in [1.807, 2.05) is 0 Å². The Hall–Kier alpha value is -4.35. The Kier molecular flexibility index (Phi) is 7.33. The lowest BCUT2D eigenvalue weighted by Gasteiger charge is -2.14. The monoisotopic (exact) mass is 430 g/mol. The molecule has 0 fully saturated rings. The molecule has 0 radical (unpaired) electrons. The molecule has 162 valence electrons. The summed E-state index contributed by atoms with van der Waals surface area (Å²) in [6, 6.07) is 7.74. The molecule has 0 heterocycles. The lowest BCUT2D eigenvalue weighted by molar-refractivity contribution is -0.385. The summed E-state index contributed by atoms with van der Waals surface area (Å²) in [6.45, 7) is 2.27. The van der Waals surface area contributed by atoms with Gasteiger partial charge < -0.3 is 15.4 Å². The fourth-order valence-electron chi connectivity index (χ4n) is 2.41. The van der Waals surface area contributed by atoms with E-state index >= 15 is 0 Å². The zero-order valence-electron chi connectivity index (χ0n) is 16.5. The van der Waals surface area contributed by atoms with Gasteiger partial charge in [0, 0.05) is 29.8 Å². The molecule has 31 heavy (non-hydrogen) atoms. The van der Waals surface area contributed by atoms with Crippen LogP contribution >= 0.6 is 0 Å². The fraction of sp³-hybridized carbons (Fsp3) is 0.211. The average Bonchev–Trinajstić information content (AvgIpc) is 2.73. The number of aryl methyl sites for hydroxylation is 1. The van der Waals surface area contributed by atoms with Gasteiger partial charge >= 0.3 is 5.97 Å². The van der Waals surface area contributed by atoms with Crippen molar-refractivity contribution >= 4 is 34.8 Å². The lowest BCUT2D eigenvalue weighted by atomic mass is 10.2. The minimum absolute atomic E-state index is 0.0206. The third-order valence-corrected chi connectivity index (χ3v) is 4.07. The summed E-state index contributed by atoms with van der Waals surface area (Å²) in [5.74, 6) is -2.37. The molecule has 12 heteroatoms. The Labute approximate surface area is 175 Å². The van der Waals surface area contributed by atoms with Gasteiger partial charge in [-0.05, 0) is 25.5 Å². The zero-order chi connectivity index (χ0) is 23.1. The molecule has 0 aliphatic rings. The molecule has 2 aromatic carbocycles. The summed E-state index contributed by atoms with van der Waals surface area (Å²) < 4.78 is 4.85. The third kappa shape index (κ3) is 6.32. The number of nitro benzene ring substituents is 2. The second-order valence-corrected chi connectivity index (χ2v) is 6.41. The topological polar surface area (TPSA) is 171 Å². The molecule has 2 aromatic rings. The SMILES string of the molecule is Cc1ccc([N+](=O)[O-])cc1NC(=O)COC(=O)[C@H](C)NC(=O)c1cccc([N+](=O)[O-])c1. The molecule has 0 saturated carbocycles. The van der Waals surface area contributed by atoms with E-state index in [0.717, 1.165) is 6.07 Å². The summed E-state index contributed by atoms with van der Waals surface area (Å²) >= 11 is 0. The van der Waals surface area contributed by atoms with E-state index in [4.69, 9.17) is 4.74 Å². The Morgan fingerprint density at radius 1 is 1.03 bits per heavy atom. The fourth-order valence-corrected chi connectivity index (χ4v) is 2.41. The van der Waals surface area contributed by atoms with E-state index in [1.165, 1.54) is 43.3 Å². The van der Waals surface area contributed by atoms with E-state index in [-0.39, 0.29) is 22.6 Å².